The lowest BCUT2D eigenvalue weighted by Gasteiger charge is -2.28. The molecular formula is C22H25N6OP. The number of hydrogen-bond acceptors (Lipinski definition) is 7. The molecule has 2 N–H and O–H groups in total. The summed E-state index contributed by atoms with van der Waals surface area (Å²) in [6.07, 6.45) is 3.57. The quantitative estimate of drug-likeness (QED) is 0.362. The summed E-state index contributed by atoms with van der Waals surface area (Å²) in [6.45, 7) is 5.13. The summed E-state index contributed by atoms with van der Waals surface area (Å²) in [5.41, 5.74) is 7.19. The zero-order valence-corrected chi connectivity index (χ0v) is 18.0. The van der Waals surface area contributed by atoms with Gasteiger partial charge in [0.15, 0.2) is 0 Å². The topological polar surface area (TPSA) is 74.7 Å². The molecule has 1 fully saturated rings. The standard InChI is InChI=1S/C22H25N6OP/c1-16-13-19(25-18-5-3-2-4-6-18)8-7-17(16)14-24-27-22-23-15-20(30)21(26-22)28-9-11-29-12-10-28/h2-8,13-15,25H,9-12,30H2,1H3,(H,23,26,27)/b24-14+. The molecule has 0 saturated carbocycles. The van der Waals surface area contributed by atoms with Crippen LogP contribution in [0.4, 0.5) is 23.1 Å². The number of nitrogens with zero attached hydrogens (tertiary/aromatic N) is 4. The van der Waals surface area contributed by atoms with Crippen molar-refractivity contribution in [2.75, 3.05) is 41.9 Å². The fourth-order valence-corrected chi connectivity index (χ4v) is 3.53. The molecule has 0 spiro atoms. The zero-order chi connectivity index (χ0) is 20.8. The van der Waals surface area contributed by atoms with Gasteiger partial charge in [-0.25, -0.2) is 10.4 Å². The Labute approximate surface area is 178 Å². The maximum atomic E-state index is 5.42. The lowest BCUT2D eigenvalue weighted by atomic mass is 10.1. The molecule has 0 bridgehead atoms. The van der Waals surface area contributed by atoms with Crippen molar-refractivity contribution in [2.24, 2.45) is 5.10 Å². The van der Waals surface area contributed by atoms with Gasteiger partial charge in [-0.15, -0.1) is 0 Å². The number of rotatable bonds is 6. The largest absolute Gasteiger partial charge is 0.378 e. The normalized spacial score (nSPS) is 14.1. The Kier molecular flexibility index (Phi) is 6.52. The first-order valence-corrected chi connectivity index (χ1v) is 10.4. The molecule has 0 aliphatic carbocycles. The fraction of sp³-hybridized carbons (Fsp3) is 0.227. The number of hydrazone groups is 1. The highest BCUT2D eigenvalue weighted by Crippen LogP contribution is 2.19. The number of aromatic nitrogens is 2. The van der Waals surface area contributed by atoms with Gasteiger partial charge in [-0.2, -0.15) is 10.1 Å². The fourth-order valence-electron chi connectivity index (χ4n) is 3.21. The van der Waals surface area contributed by atoms with Crippen molar-refractivity contribution in [1.29, 1.82) is 0 Å². The average molecular weight is 420 g/mol. The maximum Gasteiger partial charge on any atom is 0.245 e. The molecule has 3 aromatic rings. The number of para-hydroxylation sites is 1. The van der Waals surface area contributed by atoms with Crippen LogP contribution in [-0.4, -0.2) is 42.5 Å². The van der Waals surface area contributed by atoms with Crippen molar-refractivity contribution in [3.8, 4) is 0 Å². The molecule has 7 nitrogen and oxygen atoms in total. The van der Waals surface area contributed by atoms with E-state index < -0.39 is 0 Å². The highest BCUT2D eigenvalue weighted by molar-refractivity contribution is 7.28. The Bertz CT molecular complexity index is 1020. The van der Waals surface area contributed by atoms with E-state index >= 15 is 0 Å². The number of hydrogen-bond donors (Lipinski definition) is 2. The van der Waals surface area contributed by atoms with Gasteiger partial charge >= 0.3 is 0 Å². The van der Waals surface area contributed by atoms with Gasteiger partial charge in [0.25, 0.3) is 0 Å². The molecule has 2 heterocycles. The van der Waals surface area contributed by atoms with Crippen molar-refractivity contribution in [1.82, 2.24) is 9.97 Å². The predicted molar refractivity (Wildman–Crippen MR) is 127 cm³/mol. The Morgan fingerprint density at radius 1 is 1.10 bits per heavy atom. The molecular weight excluding hydrogens is 395 g/mol. The van der Waals surface area contributed by atoms with Crippen molar-refractivity contribution < 1.29 is 4.74 Å². The number of anilines is 4. The summed E-state index contributed by atoms with van der Waals surface area (Å²) in [7, 11) is 2.69. The molecule has 1 unspecified atom stereocenters. The monoisotopic (exact) mass is 420 g/mol. The van der Waals surface area contributed by atoms with E-state index in [4.69, 9.17) is 4.74 Å². The van der Waals surface area contributed by atoms with E-state index in [2.05, 4.69) is 52.9 Å². The number of benzene rings is 2. The van der Waals surface area contributed by atoms with E-state index in [-0.39, 0.29) is 0 Å². The Morgan fingerprint density at radius 2 is 1.90 bits per heavy atom. The molecule has 1 aliphatic heterocycles. The van der Waals surface area contributed by atoms with Gasteiger partial charge in [0.1, 0.15) is 5.82 Å². The van der Waals surface area contributed by atoms with E-state index in [1.54, 1.807) is 12.4 Å². The second kappa shape index (κ2) is 9.65. The van der Waals surface area contributed by atoms with Crippen LogP contribution in [0.3, 0.4) is 0 Å². The van der Waals surface area contributed by atoms with Crippen LogP contribution in [-0.2, 0) is 4.74 Å². The van der Waals surface area contributed by atoms with Crippen LogP contribution in [0.25, 0.3) is 0 Å². The number of aryl methyl sites for hydroxylation is 1. The molecule has 8 heteroatoms. The third-order valence-electron chi connectivity index (χ3n) is 4.81. The van der Waals surface area contributed by atoms with E-state index in [9.17, 15) is 0 Å². The number of nitrogens with one attached hydrogen (secondary N) is 2. The number of morpholine rings is 1. The van der Waals surface area contributed by atoms with Crippen LogP contribution in [0, 0.1) is 6.92 Å². The minimum Gasteiger partial charge on any atom is -0.378 e. The Hall–Kier alpha value is -3.02. The van der Waals surface area contributed by atoms with Crippen LogP contribution in [0.5, 0.6) is 0 Å². The molecule has 154 valence electrons. The van der Waals surface area contributed by atoms with E-state index in [0.717, 1.165) is 46.7 Å². The second-order valence-corrected chi connectivity index (χ2v) is 7.63. The Balaban J connectivity index is 1.42. The van der Waals surface area contributed by atoms with Crippen molar-refractivity contribution in [3.05, 3.63) is 65.9 Å². The third kappa shape index (κ3) is 5.12. The average Bonchev–Trinajstić information content (AvgIpc) is 2.78. The van der Waals surface area contributed by atoms with Gasteiger partial charge < -0.3 is 15.0 Å². The molecule has 0 amide bonds. The zero-order valence-electron chi connectivity index (χ0n) is 16.9. The van der Waals surface area contributed by atoms with Crippen LogP contribution in [0.2, 0.25) is 0 Å². The highest BCUT2D eigenvalue weighted by atomic mass is 31.0. The third-order valence-corrected chi connectivity index (χ3v) is 5.21. The SMILES string of the molecule is Cc1cc(Nc2ccccc2)ccc1/C=N/Nc1ncc(P)c(N2CCOCC2)n1. The lowest BCUT2D eigenvalue weighted by molar-refractivity contribution is 0.122. The first-order chi connectivity index (χ1) is 14.7. The van der Waals surface area contributed by atoms with Gasteiger partial charge in [-0.05, 0) is 42.3 Å². The smallest absolute Gasteiger partial charge is 0.245 e. The first kappa shape index (κ1) is 20.3. The van der Waals surface area contributed by atoms with Crippen molar-refractivity contribution in [3.63, 3.8) is 0 Å². The van der Waals surface area contributed by atoms with Gasteiger partial charge in [0.05, 0.1) is 19.4 Å². The molecule has 1 saturated heterocycles. The van der Waals surface area contributed by atoms with Crippen LogP contribution in [0.15, 0.2) is 59.8 Å². The molecule has 4 rings (SSSR count). The maximum absolute atomic E-state index is 5.42. The second-order valence-electron chi connectivity index (χ2n) is 7.00. The van der Waals surface area contributed by atoms with Gasteiger partial charge in [-0.3, -0.25) is 0 Å². The summed E-state index contributed by atoms with van der Waals surface area (Å²) in [5, 5.41) is 8.69. The highest BCUT2D eigenvalue weighted by Gasteiger charge is 2.15. The lowest BCUT2D eigenvalue weighted by Crippen LogP contribution is -2.38. The summed E-state index contributed by atoms with van der Waals surface area (Å²) in [6, 6.07) is 16.3. The van der Waals surface area contributed by atoms with Crippen molar-refractivity contribution in [2.45, 2.75) is 6.92 Å². The molecule has 1 aromatic heterocycles. The summed E-state index contributed by atoms with van der Waals surface area (Å²) < 4.78 is 5.42. The molecule has 2 aromatic carbocycles. The van der Waals surface area contributed by atoms with Crippen LogP contribution < -0.4 is 20.9 Å². The van der Waals surface area contributed by atoms with E-state index in [1.165, 1.54) is 0 Å². The Morgan fingerprint density at radius 3 is 2.67 bits per heavy atom. The minimum absolute atomic E-state index is 0.471. The van der Waals surface area contributed by atoms with Crippen LogP contribution >= 0.6 is 9.24 Å². The van der Waals surface area contributed by atoms with Crippen molar-refractivity contribution >= 4 is 43.9 Å². The van der Waals surface area contributed by atoms with E-state index in [1.807, 2.05) is 42.5 Å². The predicted octanol–water partition coefficient (Wildman–Crippen LogP) is 3.31. The summed E-state index contributed by atoms with van der Waals surface area (Å²) in [5.74, 6) is 1.36. The summed E-state index contributed by atoms with van der Waals surface area (Å²) in [4.78, 5) is 11.1. The molecule has 30 heavy (non-hydrogen) atoms. The molecule has 0 radical (unpaired) electrons. The molecule has 1 aliphatic rings. The molecule has 1 atom stereocenters. The first-order valence-electron chi connectivity index (χ1n) is 9.86. The van der Waals surface area contributed by atoms with Gasteiger partial charge in [0.2, 0.25) is 5.95 Å². The number of ether oxygens (including phenoxy) is 1. The summed E-state index contributed by atoms with van der Waals surface area (Å²) >= 11 is 0. The van der Waals surface area contributed by atoms with Gasteiger partial charge in [-0.1, -0.05) is 33.5 Å². The van der Waals surface area contributed by atoms with E-state index in [0.29, 0.717) is 19.2 Å². The van der Waals surface area contributed by atoms with Crippen LogP contribution in [0.1, 0.15) is 11.1 Å². The van der Waals surface area contributed by atoms with Gasteiger partial charge in [0, 0.05) is 36.0 Å². The minimum atomic E-state index is 0.471.